The molecule has 1 saturated heterocycles. The van der Waals surface area contributed by atoms with Crippen LogP contribution in [0, 0.1) is 5.92 Å². The van der Waals surface area contributed by atoms with Crippen molar-refractivity contribution in [2.45, 2.75) is 57.9 Å². The smallest absolute Gasteiger partial charge is 0.274 e. The SMILES string of the molecule is CC(C)(C)n1nc(C(=O)N2CCN(CC3CC3)CC2)cc1C1CC1. The average Bonchev–Trinajstić information content (AvgIpc) is 3.46. The first-order chi connectivity index (χ1) is 11.4. The zero-order valence-electron chi connectivity index (χ0n) is 15.3. The summed E-state index contributed by atoms with van der Waals surface area (Å²) in [5.74, 6) is 1.65. The molecule has 2 heterocycles. The van der Waals surface area contributed by atoms with E-state index in [1.807, 2.05) is 4.90 Å². The molecule has 5 nitrogen and oxygen atoms in total. The Bertz CT molecular complexity index is 614. The molecular formula is C19H30N4O. The zero-order valence-corrected chi connectivity index (χ0v) is 15.3. The molecule has 0 unspecified atom stereocenters. The maximum Gasteiger partial charge on any atom is 0.274 e. The van der Waals surface area contributed by atoms with Crippen molar-refractivity contribution in [3.63, 3.8) is 0 Å². The van der Waals surface area contributed by atoms with Crippen molar-refractivity contribution >= 4 is 5.91 Å². The van der Waals surface area contributed by atoms with E-state index in [0.29, 0.717) is 11.6 Å². The molecular weight excluding hydrogens is 300 g/mol. The summed E-state index contributed by atoms with van der Waals surface area (Å²) in [4.78, 5) is 17.4. The summed E-state index contributed by atoms with van der Waals surface area (Å²) in [6.07, 6.45) is 5.26. The minimum absolute atomic E-state index is 0.0700. The summed E-state index contributed by atoms with van der Waals surface area (Å²) >= 11 is 0. The second-order valence-corrected chi connectivity index (χ2v) is 8.85. The lowest BCUT2D eigenvalue weighted by Crippen LogP contribution is -2.49. The van der Waals surface area contributed by atoms with E-state index in [1.54, 1.807) is 0 Å². The quantitative estimate of drug-likeness (QED) is 0.852. The van der Waals surface area contributed by atoms with Crippen molar-refractivity contribution in [1.29, 1.82) is 0 Å². The minimum atomic E-state index is -0.0700. The first-order valence-corrected chi connectivity index (χ1v) is 9.54. The summed E-state index contributed by atoms with van der Waals surface area (Å²) in [5, 5.41) is 4.71. The highest BCUT2D eigenvalue weighted by Gasteiger charge is 2.34. The van der Waals surface area contributed by atoms with Crippen LogP contribution in [0.5, 0.6) is 0 Å². The number of amides is 1. The number of carbonyl (C=O) groups is 1. The highest BCUT2D eigenvalue weighted by molar-refractivity contribution is 5.92. The van der Waals surface area contributed by atoms with Crippen LogP contribution in [-0.2, 0) is 5.54 Å². The van der Waals surface area contributed by atoms with Crippen molar-refractivity contribution in [3.05, 3.63) is 17.5 Å². The molecule has 3 aliphatic rings. The molecule has 0 N–H and O–H groups in total. The topological polar surface area (TPSA) is 41.4 Å². The molecule has 3 fully saturated rings. The number of hydrogen-bond acceptors (Lipinski definition) is 3. The molecule has 2 saturated carbocycles. The van der Waals surface area contributed by atoms with Crippen molar-refractivity contribution in [2.24, 2.45) is 5.92 Å². The van der Waals surface area contributed by atoms with E-state index >= 15 is 0 Å². The largest absolute Gasteiger partial charge is 0.335 e. The average molecular weight is 330 g/mol. The Morgan fingerprint density at radius 1 is 1.12 bits per heavy atom. The van der Waals surface area contributed by atoms with E-state index in [1.165, 1.54) is 37.9 Å². The fraction of sp³-hybridized carbons (Fsp3) is 0.789. The molecule has 5 heteroatoms. The fourth-order valence-electron chi connectivity index (χ4n) is 3.67. The van der Waals surface area contributed by atoms with Gasteiger partial charge in [-0.25, -0.2) is 0 Å². The van der Waals surface area contributed by atoms with Crippen LogP contribution in [0.3, 0.4) is 0 Å². The van der Waals surface area contributed by atoms with Gasteiger partial charge < -0.3 is 4.90 Å². The van der Waals surface area contributed by atoms with Crippen LogP contribution in [0.15, 0.2) is 6.07 Å². The fourth-order valence-corrected chi connectivity index (χ4v) is 3.67. The van der Waals surface area contributed by atoms with E-state index in [-0.39, 0.29) is 11.4 Å². The number of nitrogens with zero attached hydrogens (tertiary/aromatic N) is 4. The summed E-state index contributed by atoms with van der Waals surface area (Å²) < 4.78 is 2.08. The summed E-state index contributed by atoms with van der Waals surface area (Å²) in [5.41, 5.74) is 1.82. The molecule has 132 valence electrons. The summed E-state index contributed by atoms with van der Waals surface area (Å²) in [7, 11) is 0. The molecule has 1 amide bonds. The van der Waals surface area contributed by atoms with Crippen molar-refractivity contribution in [1.82, 2.24) is 19.6 Å². The predicted octanol–water partition coefficient (Wildman–Crippen LogP) is 2.68. The van der Waals surface area contributed by atoms with Crippen LogP contribution >= 0.6 is 0 Å². The van der Waals surface area contributed by atoms with Gasteiger partial charge in [-0.3, -0.25) is 14.4 Å². The third-order valence-electron chi connectivity index (χ3n) is 5.46. The molecule has 0 atom stereocenters. The number of carbonyl (C=O) groups excluding carboxylic acids is 1. The lowest BCUT2D eigenvalue weighted by atomic mass is 10.1. The van der Waals surface area contributed by atoms with Gasteiger partial charge in [-0.05, 0) is 58.4 Å². The highest BCUT2D eigenvalue weighted by Crippen LogP contribution is 2.41. The normalized spacial score (nSPS) is 22.9. The number of piperazine rings is 1. The van der Waals surface area contributed by atoms with Crippen LogP contribution in [-0.4, -0.2) is 58.2 Å². The van der Waals surface area contributed by atoms with Gasteiger partial charge in [-0.2, -0.15) is 5.10 Å². The maximum absolute atomic E-state index is 12.9. The Morgan fingerprint density at radius 2 is 1.79 bits per heavy atom. The first kappa shape index (κ1) is 16.1. The lowest BCUT2D eigenvalue weighted by Gasteiger charge is -2.34. The Kier molecular flexibility index (Phi) is 3.94. The minimum Gasteiger partial charge on any atom is -0.335 e. The van der Waals surface area contributed by atoms with Crippen molar-refractivity contribution in [2.75, 3.05) is 32.7 Å². The van der Waals surface area contributed by atoms with Gasteiger partial charge in [-0.1, -0.05) is 0 Å². The summed E-state index contributed by atoms with van der Waals surface area (Å²) in [6.45, 7) is 11.4. The van der Waals surface area contributed by atoms with Crippen LogP contribution in [0.2, 0.25) is 0 Å². The number of hydrogen-bond donors (Lipinski definition) is 0. The molecule has 0 bridgehead atoms. The van der Waals surface area contributed by atoms with E-state index in [4.69, 9.17) is 5.10 Å². The van der Waals surface area contributed by atoms with Gasteiger partial charge in [0, 0.05) is 44.3 Å². The van der Waals surface area contributed by atoms with Crippen molar-refractivity contribution in [3.8, 4) is 0 Å². The van der Waals surface area contributed by atoms with E-state index < -0.39 is 0 Å². The number of rotatable bonds is 4. The monoisotopic (exact) mass is 330 g/mol. The Morgan fingerprint density at radius 3 is 2.33 bits per heavy atom. The molecule has 0 spiro atoms. The highest BCUT2D eigenvalue weighted by atomic mass is 16.2. The summed E-state index contributed by atoms with van der Waals surface area (Å²) in [6, 6.07) is 2.06. The van der Waals surface area contributed by atoms with Crippen LogP contribution in [0.4, 0.5) is 0 Å². The van der Waals surface area contributed by atoms with Gasteiger partial charge in [0.25, 0.3) is 5.91 Å². The second kappa shape index (κ2) is 5.87. The Balaban J connectivity index is 1.44. The van der Waals surface area contributed by atoms with E-state index in [9.17, 15) is 4.79 Å². The van der Waals surface area contributed by atoms with E-state index in [2.05, 4.69) is 36.4 Å². The van der Waals surface area contributed by atoms with Gasteiger partial charge in [0.05, 0.1) is 5.54 Å². The van der Waals surface area contributed by atoms with Crippen molar-refractivity contribution < 1.29 is 4.79 Å². The molecule has 1 aromatic rings. The van der Waals surface area contributed by atoms with Crippen LogP contribution in [0.25, 0.3) is 0 Å². The molecule has 24 heavy (non-hydrogen) atoms. The molecule has 1 aliphatic heterocycles. The van der Waals surface area contributed by atoms with Gasteiger partial charge in [-0.15, -0.1) is 0 Å². The second-order valence-electron chi connectivity index (χ2n) is 8.85. The third-order valence-corrected chi connectivity index (χ3v) is 5.46. The molecule has 0 radical (unpaired) electrons. The molecule has 1 aromatic heterocycles. The molecule has 2 aliphatic carbocycles. The first-order valence-electron chi connectivity index (χ1n) is 9.54. The molecule has 0 aromatic carbocycles. The zero-order chi connectivity index (χ0) is 16.9. The van der Waals surface area contributed by atoms with Gasteiger partial charge in [0.2, 0.25) is 0 Å². The predicted molar refractivity (Wildman–Crippen MR) is 94.3 cm³/mol. The van der Waals surface area contributed by atoms with Crippen LogP contribution in [0.1, 0.15) is 68.6 Å². The van der Waals surface area contributed by atoms with Gasteiger partial charge in [0.1, 0.15) is 0 Å². The standard InChI is InChI=1S/C19H30N4O/c1-19(2,3)23-17(15-6-7-15)12-16(20-23)18(24)22-10-8-21(9-11-22)13-14-4-5-14/h12,14-15H,4-11,13H2,1-3H3. The van der Waals surface area contributed by atoms with E-state index in [0.717, 1.165) is 32.1 Å². The Labute approximate surface area is 145 Å². The molecule has 4 rings (SSSR count). The van der Waals surface area contributed by atoms with Gasteiger partial charge >= 0.3 is 0 Å². The maximum atomic E-state index is 12.9. The lowest BCUT2D eigenvalue weighted by molar-refractivity contribution is 0.0624. The van der Waals surface area contributed by atoms with Gasteiger partial charge in [0.15, 0.2) is 5.69 Å². The number of aromatic nitrogens is 2. The third kappa shape index (κ3) is 3.37. The van der Waals surface area contributed by atoms with Crippen LogP contribution < -0.4 is 0 Å². The Hall–Kier alpha value is -1.36.